The van der Waals surface area contributed by atoms with Crippen LogP contribution in [0.4, 0.5) is 0 Å². The van der Waals surface area contributed by atoms with Crippen LogP contribution in [0.15, 0.2) is 42.6 Å². The number of methoxy groups -OCH3 is 1. The maximum absolute atomic E-state index is 5.19. The molecule has 0 aliphatic rings. The number of aryl methyl sites for hydroxylation is 2. The first-order chi connectivity index (χ1) is 9.19. The lowest BCUT2D eigenvalue weighted by Gasteiger charge is -2.07. The van der Waals surface area contributed by atoms with E-state index in [-0.39, 0.29) is 0 Å². The summed E-state index contributed by atoms with van der Waals surface area (Å²) in [6.45, 7) is 4.20. The van der Waals surface area contributed by atoms with Gasteiger partial charge in [0.05, 0.1) is 19.0 Å². The second-order valence-corrected chi connectivity index (χ2v) is 4.74. The highest BCUT2D eigenvalue weighted by atomic mass is 16.5. The Morgan fingerprint density at radius 1 is 1.05 bits per heavy atom. The SMILES string of the molecule is COc1ccc(-c2cnc3cc(C)cc(C)n23)cc1. The third kappa shape index (κ3) is 1.97. The highest BCUT2D eigenvalue weighted by Gasteiger charge is 2.08. The molecule has 2 aromatic heterocycles. The molecule has 19 heavy (non-hydrogen) atoms. The molecule has 96 valence electrons. The number of pyridine rings is 1. The molecule has 0 N–H and O–H groups in total. The van der Waals surface area contributed by atoms with Crippen LogP contribution in [-0.4, -0.2) is 16.5 Å². The molecule has 0 amide bonds. The summed E-state index contributed by atoms with van der Waals surface area (Å²) in [5, 5.41) is 0. The Morgan fingerprint density at radius 3 is 2.47 bits per heavy atom. The molecule has 3 rings (SSSR count). The number of hydrogen-bond donors (Lipinski definition) is 0. The van der Waals surface area contributed by atoms with Gasteiger partial charge in [0.25, 0.3) is 0 Å². The Hall–Kier alpha value is -2.29. The van der Waals surface area contributed by atoms with E-state index in [0.717, 1.165) is 22.7 Å². The van der Waals surface area contributed by atoms with Gasteiger partial charge in [0.1, 0.15) is 11.4 Å². The van der Waals surface area contributed by atoms with E-state index in [1.165, 1.54) is 11.3 Å². The van der Waals surface area contributed by atoms with Gasteiger partial charge in [0.2, 0.25) is 0 Å². The zero-order chi connectivity index (χ0) is 13.4. The number of imidazole rings is 1. The van der Waals surface area contributed by atoms with Gasteiger partial charge < -0.3 is 4.74 Å². The van der Waals surface area contributed by atoms with Gasteiger partial charge in [0.15, 0.2) is 0 Å². The second kappa shape index (κ2) is 4.43. The van der Waals surface area contributed by atoms with Crippen molar-refractivity contribution in [3.8, 4) is 17.0 Å². The number of aromatic nitrogens is 2. The fourth-order valence-electron chi connectivity index (χ4n) is 2.44. The minimum absolute atomic E-state index is 0.866. The summed E-state index contributed by atoms with van der Waals surface area (Å²) in [6, 6.07) is 12.3. The van der Waals surface area contributed by atoms with E-state index < -0.39 is 0 Å². The first-order valence-corrected chi connectivity index (χ1v) is 6.28. The van der Waals surface area contributed by atoms with E-state index in [1.807, 2.05) is 18.3 Å². The number of nitrogens with zero attached hydrogens (tertiary/aromatic N) is 2. The highest BCUT2D eigenvalue weighted by Crippen LogP contribution is 2.25. The van der Waals surface area contributed by atoms with Gasteiger partial charge in [-0.15, -0.1) is 0 Å². The minimum Gasteiger partial charge on any atom is -0.497 e. The normalized spacial score (nSPS) is 10.9. The predicted molar refractivity (Wildman–Crippen MR) is 76.7 cm³/mol. The van der Waals surface area contributed by atoms with Crippen LogP contribution >= 0.6 is 0 Å². The number of ether oxygens (including phenoxy) is 1. The molecular formula is C16H16N2O. The molecule has 0 radical (unpaired) electrons. The van der Waals surface area contributed by atoms with Gasteiger partial charge in [0, 0.05) is 11.3 Å². The summed E-state index contributed by atoms with van der Waals surface area (Å²) in [5.41, 5.74) is 5.66. The average molecular weight is 252 g/mol. The smallest absolute Gasteiger partial charge is 0.137 e. The van der Waals surface area contributed by atoms with E-state index in [9.17, 15) is 0 Å². The third-order valence-electron chi connectivity index (χ3n) is 3.32. The molecule has 2 heterocycles. The third-order valence-corrected chi connectivity index (χ3v) is 3.32. The summed E-state index contributed by atoms with van der Waals surface area (Å²) in [7, 11) is 1.68. The molecule has 0 unspecified atom stereocenters. The van der Waals surface area contributed by atoms with Gasteiger partial charge in [-0.25, -0.2) is 4.98 Å². The van der Waals surface area contributed by atoms with Crippen LogP contribution in [0.25, 0.3) is 16.9 Å². The fourth-order valence-corrected chi connectivity index (χ4v) is 2.44. The molecule has 3 aromatic rings. The molecular weight excluding hydrogens is 236 g/mol. The summed E-state index contributed by atoms with van der Waals surface area (Å²) < 4.78 is 7.37. The largest absolute Gasteiger partial charge is 0.497 e. The van der Waals surface area contributed by atoms with Crippen LogP contribution in [0.2, 0.25) is 0 Å². The van der Waals surface area contributed by atoms with Crippen LogP contribution in [0.1, 0.15) is 11.3 Å². The molecule has 0 fully saturated rings. The Bertz CT molecular complexity index is 726. The van der Waals surface area contributed by atoms with E-state index in [0.29, 0.717) is 0 Å². The number of hydrogen-bond acceptors (Lipinski definition) is 2. The van der Waals surface area contributed by atoms with Crippen molar-refractivity contribution >= 4 is 5.65 Å². The van der Waals surface area contributed by atoms with Gasteiger partial charge in [-0.3, -0.25) is 4.40 Å². The van der Waals surface area contributed by atoms with Crippen LogP contribution in [-0.2, 0) is 0 Å². The van der Waals surface area contributed by atoms with E-state index >= 15 is 0 Å². The van der Waals surface area contributed by atoms with Gasteiger partial charge in [-0.2, -0.15) is 0 Å². The lowest BCUT2D eigenvalue weighted by molar-refractivity contribution is 0.415. The lowest BCUT2D eigenvalue weighted by Crippen LogP contribution is -1.94. The molecule has 0 spiro atoms. The van der Waals surface area contributed by atoms with E-state index in [4.69, 9.17) is 4.74 Å². The Kier molecular flexibility index (Phi) is 2.75. The van der Waals surface area contributed by atoms with Crippen molar-refractivity contribution in [2.45, 2.75) is 13.8 Å². The maximum atomic E-state index is 5.19. The standard InChI is InChI=1S/C16H16N2O/c1-11-8-12(2)18-15(10-17-16(18)9-11)13-4-6-14(19-3)7-5-13/h4-10H,1-3H3. The Balaban J connectivity index is 2.19. The zero-order valence-corrected chi connectivity index (χ0v) is 11.3. The van der Waals surface area contributed by atoms with Gasteiger partial charge in [-0.1, -0.05) is 0 Å². The monoisotopic (exact) mass is 252 g/mol. The highest BCUT2D eigenvalue weighted by molar-refractivity contribution is 5.65. The van der Waals surface area contributed by atoms with Crippen molar-refractivity contribution in [1.29, 1.82) is 0 Å². The van der Waals surface area contributed by atoms with Crippen molar-refractivity contribution in [2.75, 3.05) is 7.11 Å². The molecule has 0 aliphatic carbocycles. The topological polar surface area (TPSA) is 26.5 Å². The minimum atomic E-state index is 0.866. The van der Waals surface area contributed by atoms with Crippen molar-refractivity contribution in [3.05, 3.63) is 53.9 Å². The van der Waals surface area contributed by atoms with Crippen molar-refractivity contribution in [1.82, 2.24) is 9.38 Å². The maximum Gasteiger partial charge on any atom is 0.137 e. The summed E-state index contributed by atoms with van der Waals surface area (Å²) in [6.07, 6.45) is 1.92. The zero-order valence-electron chi connectivity index (χ0n) is 11.3. The molecule has 0 saturated heterocycles. The van der Waals surface area contributed by atoms with Crippen LogP contribution in [0.3, 0.4) is 0 Å². The molecule has 3 nitrogen and oxygen atoms in total. The lowest BCUT2D eigenvalue weighted by atomic mass is 10.1. The first kappa shape index (κ1) is 11.8. The molecule has 0 atom stereocenters. The first-order valence-electron chi connectivity index (χ1n) is 6.28. The number of rotatable bonds is 2. The second-order valence-electron chi connectivity index (χ2n) is 4.74. The van der Waals surface area contributed by atoms with E-state index in [1.54, 1.807) is 7.11 Å². The van der Waals surface area contributed by atoms with Gasteiger partial charge in [-0.05, 0) is 55.8 Å². The van der Waals surface area contributed by atoms with Crippen LogP contribution < -0.4 is 4.74 Å². The number of fused-ring (bicyclic) bond motifs is 1. The molecule has 3 heteroatoms. The van der Waals surface area contributed by atoms with E-state index in [2.05, 4.69) is 47.5 Å². The summed E-state index contributed by atoms with van der Waals surface area (Å²) in [4.78, 5) is 4.49. The van der Waals surface area contributed by atoms with Gasteiger partial charge >= 0.3 is 0 Å². The van der Waals surface area contributed by atoms with Crippen LogP contribution in [0, 0.1) is 13.8 Å². The number of benzene rings is 1. The quantitative estimate of drug-likeness (QED) is 0.696. The fraction of sp³-hybridized carbons (Fsp3) is 0.188. The average Bonchev–Trinajstić information content (AvgIpc) is 2.83. The molecule has 0 bridgehead atoms. The Labute approximate surface area is 112 Å². The molecule has 0 saturated carbocycles. The molecule has 1 aromatic carbocycles. The molecule has 0 aliphatic heterocycles. The predicted octanol–water partition coefficient (Wildman–Crippen LogP) is 3.63. The summed E-state index contributed by atoms with van der Waals surface area (Å²) in [5.74, 6) is 0.866. The van der Waals surface area contributed by atoms with Crippen molar-refractivity contribution < 1.29 is 4.74 Å². The van der Waals surface area contributed by atoms with Crippen LogP contribution in [0.5, 0.6) is 5.75 Å². The van der Waals surface area contributed by atoms with Crippen molar-refractivity contribution in [2.24, 2.45) is 0 Å². The van der Waals surface area contributed by atoms with Crippen molar-refractivity contribution in [3.63, 3.8) is 0 Å². The Morgan fingerprint density at radius 2 is 1.79 bits per heavy atom. The summed E-state index contributed by atoms with van der Waals surface area (Å²) >= 11 is 0.